The topological polar surface area (TPSA) is 50.2 Å². The van der Waals surface area contributed by atoms with Gasteiger partial charge in [0.1, 0.15) is 0 Å². The molecule has 0 amide bonds. The minimum atomic E-state index is -0.936. The van der Waals surface area contributed by atoms with Crippen molar-refractivity contribution in [3.05, 3.63) is 59.3 Å². The van der Waals surface area contributed by atoms with E-state index in [2.05, 4.69) is 4.98 Å². The van der Waals surface area contributed by atoms with Gasteiger partial charge in [0.25, 0.3) is 0 Å². The van der Waals surface area contributed by atoms with Gasteiger partial charge in [-0.1, -0.05) is 29.8 Å². The molecule has 1 aliphatic rings. The summed E-state index contributed by atoms with van der Waals surface area (Å²) in [6.45, 7) is 2.00. The van der Waals surface area contributed by atoms with Gasteiger partial charge in [-0.3, -0.25) is 4.98 Å². The zero-order chi connectivity index (χ0) is 12.7. The van der Waals surface area contributed by atoms with Gasteiger partial charge in [-0.25, -0.2) is 4.79 Å². The molecule has 0 spiro atoms. The molecule has 0 atom stereocenters. The zero-order valence-corrected chi connectivity index (χ0v) is 9.84. The number of pyridine rings is 1. The molecule has 0 saturated heterocycles. The molecule has 1 N–H and O–H groups in total. The lowest BCUT2D eigenvalue weighted by Crippen LogP contribution is -1.91. The van der Waals surface area contributed by atoms with Gasteiger partial charge in [0, 0.05) is 23.4 Å². The summed E-state index contributed by atoms with van der Waals surface area (Å²) in [6, 6.07) is 9.76. The summed E-state index contributed by atoms with van der Waals surface area (Å²) in [5, 5.41) is 9.00. The number of carbonyl (C=O) groups is 1. The van der Waals surface area contributed by atoms with Crippen molar-refractivity contribution in [3.63, 3.8) is 0 Å². The molecule has 1 aromatic carbocycles. The molecule has 0 bridgehead atoms. The van der Waals surface area contributed by atoms with Gasteiger partial charge in [-0.15, -0.1) is 0 Å². The van der Waals surface area contributed by atoms with E-state index < -0.39 is 5.97 Å². The van der Waals surface area contributed by atoms with Crippen molar-refractivity contribution in [2.24, 2.45) is 0 Å². The second-order valence-corrected chi connectivity index (χ2v) is 4.34. The minimum Gasteiger partial charge on any atom is -0.478 e. The van der Waals surface area contributed by atoms with Crippen molar-refractivity contribution >= 4 is 11.5 Å². The average Bonchev–Trinajstić information content (AvgIpc) is 2.63. The third-order valence-electron chi connectivity index (χ3n) is 3.09. The summed E-state index contributed by atoms with van der Waals surface area (Å²) < 4.78 is 0. The van der Waals surface area contributed by atoms with E-state index in [-0.39, 0.29) is 0 Å². The van der Waals surface area contributed by atoms with Gasteiger partial charge in [0.05, 0.1) is 5.69 Å². The molecule has 3 heteroatoms. The van der Waals surface area contributed by atoms with E-state index in [0.29, 0.717) is 0 Å². The summed E-state index contributed by atoms with van der Waals surface area (Å²) >= 11 is 0. The fourth-order valence-electron chi connectivity index (χ4n) is 2.35. The van der Waals surface area contributed by atoms with Crippen molar-refractivity contribution in [2.45, 2.75) is 6.92 Å². The Kier molecular flexibility index (Phi) is 2.27. The first-order valence-electron chi connectivity index (χ1n) is 5.68. The van der Waals surface area contributed by atoms with E-state index in [9.17, 15) is 4.79 Å². The van der Waals surface area contributed by atoms with Crippen LogP contribution in [0.25, 0.3) is 16.8 Å². The van der Waals surface area contributed by atoms with Crippen molar-refractivity contribution < 1.29 is 9.90 Å². The van der Waals surface area contributed by atoms with E-state index in [1.54, 1.807) is 6.20 Å². The molecule has 0 unspecified atom stereocenters. The number of aliphatic carboxylic acids is 1. The van der Waals surface area contributed by atoms with Crippen LogP contribution < -0.4 is 0 Å². The summed E-state index contributed by atoms with van der Waals surface area (Å²) in [5.74, 6) is -0.936. The Hall–Kier alpha value is -2.42. The lowest BCUT2D eigenvalue weighted by Gasteiger charge is -2.01. The summed E-state index contributed by atoms with van der Waals surface area (Å²) in [7, 11) is 0. The van der Waals surface area contributed by atoms with Gasteiger partial charge in [-0.2, -0.15) is 0 Å². The number of hydrogen-bond donors (Lipinski definition) is 1. The molecule has 0 radical (unpaired) electrons. The smallest absolute Gasteiger partial charge is 0.328 e. The number of fused-ring (bicyclic) bond motifs is 3. The summed E-state index contributed by atoms with van der Waals surface area (Å²) in [4.78, 5) is 15.3. The second kappa shape index (κ2) is 3.81. The Balaban J connectivity index is 2.35. The fourth-order valence-corrected chi connectivity index (χ4v) is 2.35. The molecule has 0 aliphatic heterocycles. The van der Waals surface area contributed by atoms with Gasteiger partial charge in [0.2, 0.25) is 0 Å². The maximum Gasteiger partial charge on any atom is 0.328 e. The SMILES string of the molecule is Cc1ccc2c(c1)/C(=C/C(=O)O)c1cccnc1-2. The van der Waals surface area contributed by atoms with E-state index in [4.69, 9.17) is 5.11 Å². The molecule has 3 nitrogen and oxygen atoms in total. The Morgan fingerprint density at radius 1 is 1.22 bits per heavy atom. The Morgan fingerprint density at radius 3 is 2.83 bits per heavy atom. The Bertz CT molecular complexity index is 687. The highest BCUT2D eigenvalue weighted by molar-refractivity contribution is 6.05. The first-order valence-corrected chi connectivity index (χ1v) is 5.68. The highest BCUT2D eigenvalue weighted by Gasteiger charge is 2.24. The lowest BCUT2D eigenvalue weighted by molar-refractivity contribution is -0.131. The number of aromatic nitrogens is 1. The van der Waals surface area contributed by atoms with Crippen LogP contribution in [0.2, 0.25) is 0 Å². The standard InChI is InChI=1S/C15H11NO2/c1-9-4-5-11-12(7-9)13(8-14(17)18)10-3-2-6-16-15(10)11/h2-8H,1H3,(H,17,18)/b13-8+. The van der Waals surface area contributed by atoms with Crippen LogP contribution in [0.15, 0.2) is 42.6 Å². The number of aryl methyl sites for hydroxylation is 1. The van der Waals surface area contributed by atoms with Crippen LogP contribution in [0.3, 0.4) is 0 Å². The van der Waals surface area contributed by atoms with Crippen LogP contribution in [0.5, 0.6) is 0 Å². The predicted molar refractivity (Wildman–Crippen MR) is 69.1 cm³/mol. The van der Waals surface area contributed by atoms with Crippen LogP contribution >= 0.6 is 0 Å². The van der Waals surface area contributed by atoms with Crippen molar-refractivity contribution in [3.8, 4) is 11.3 Å². The van der Waals surface area contributed by atoms with Gasteiger partial charge in [-0.05, 0) is 24.1 Å². The molecule has 3 rings (SSSR count). The number of carboxylic acid groups (broad SMARTS) is 1. The van der Waals surface area contributed by atoms with Crippen LogP contribution in [-0.2, 0) is 4.79 Å². The first kappa shape index (κ1) is 10.7. The summed E-state index contributed by atoms with van der Waals surface area (Å²) in [6.07, 6.45) is 2.98. The third-order valence-corrected chi connectivity index (χ3v) is 3.09. The van der Waals surface area contributed by atoms with Crippen LogP contribution in [0, 0.1) is 6.92 Å². The van der Waals surface area contributed by atoms with E-state index in [0.717, 1.165) is 33.5 Å². The van der Waals surface area contributed by atoms with Gasteiger partial charge < -0.3 is 5.11 Å². The number of hydrogen-bond acceptors (Lipinski definition) is 2. The number of carboxylic acids is 1. The number of rotatable bonds is 1. The molecule has 18 heavy (non-hydrogen) atoms. The van der Waals surface area contributed by atoms with E-state index in [1.807, 2.05) is 37.3 Å². The molecule has 88 valence electrons. The molecule has 2 aromatic rings. The molecule has 0 fully saturated rings. The Labute approximate surface area is 104 Å². The molecule has 1 aromatic heterocycles. The van der Waals surface area contributed by atoms with Crippen LogP contribution in [-0.4, -0.2) is 16.1 Å². The first-order chi connectivity index (χ1) is 8.66. The molecule has 1 aliphatic carbocycles. The maximum atomic E-state index is 11.0. The van der Waals surface area contributed by atoms with Gasteiger partial charge >= 0.3 is 5.97 Å². The molecule has 0 saturated carbocycles. The van der Waals surface area contributed by atoms with E-state index >= 15 is 0 Å². The highest BCUT2D eigenvalue weighted by Crippen LogP contribution is 2.42. The molecule has 1 heterocycles. The predicted octanol–water partition coefficient (Wildman–Crippen LogP) is 2.89. The van der Waals surface area contributed by atoms with Crippen molar-refractivity contribution in [1.82, 2.24) is 4.98 Å². The van der Waals surface area contributed by atoms with Crippen molar-refractivity contribution in [1.29, 1.82) is 0 Å². The summed E-state index contributed by atoms with van der Waals surface area (Å²) in [5.41, 5.74) is 5.55. The normalized spacial score (nSPS) is 14.4. The average molecular weight is 237 g/mol. The molecular formula is C15H11NO2. The third kappa shape index (κ3) is 1.52. The lowest BCUT2D eigenvalue weighted by atomic mass is 10.0. The number of benzene rings is 1. The zero-order valence-electron chi connectivity index (χ0n) is 9.84. The van der Waals surface area contributed by atoms with Gasteiger partial charge in [0.15, 0.2) is 0 Å². The Morgan fingerprint density at radius 2 is 2.06 bits per heavy atom. The van der Waals surface area contributed by atoms with Crippen molar-refractivity contribution in [2.75, 3.05) is 0 Å². The van der Waals surface area contributed by atoms with E-state index in [1.165, 1.54) is 6.08 Å². The molecular weight excluding hydrogens is 226 g/mol. The highest BCUT2D eigenvalue weighted by atomic mass is 16.4. The minimum absolute atomic E-state index is 0.740. The number of nitrogens with zero attached hydrogens (tertiary/aromatic N) is 1. The second-order valence-electron chi connectivity index (χ2n) is 4.34. The fraction of sp³-hybridized carbons (Fsp3) is 0.0667. The monoisotopic (exact) mass is 237 g/mol. The van der Waals surface area contributed by atoms with Crippen LogP contribution in [0.4, 0.5) is 0 Å². The quantitative estimate of drug-likeness (QED) is 0.662. The maximum absolute atomic E-state index is 11.0. The largest absolute Gasteiger partial charge is 0.478 e. The van der Waals surface area contributed by atoms with Crippen LogP contribution in [0.1, 0.15) is 16.7 Å².